The lowest BCUT2D eigenvalue weighted by Gasteiger charge is -2.05. The van der Waals surface area contributed by atoms with E-state index < -0.39 is 0 Å². The largest absolute Gasteiger partial charge is 0.396 e. The van der Waals surface area contributed by atoms with Crippen LogP contribution in [0.15, 0.2) is 18.3 Å². The molecule has 3 heteroatoms. The Morgan fingerprint density at radius 1 is 1.42 bits per heavy atom. The maximum absolute atomic E-state index is 8.59. The second-order valence-electron chi connectivity index (χ2n) is 2.83. The van der Waals surface area contributed by atoms with E-state index in [1.165, 1.54) is 0 Å². The molecule has 0 bridgehead atoms. The van der Waals surface area contributed by atoms with Crippen LogP contribution in [-0.2, 0) is 13.1 Å². The highest BCUT2D eigenvalue weighted by Crippen LogP contribution is 2.03. The highest BCUT2D eigenvalue weighted by molar-refractivity contribution is 5.06. The summed E-state index contributed by atoms with van der Waals surface area (Å²) in [5, 5.41) is 8.59. The molecule has 3 N–H and O–H groups in total. The van der Waals surface area contributed by atoms with Gasteiger partial charge in [-0.2, -0.15) is 0 Å². The minimum Gasteiger partial charge on any atom is -0.396 e. The van der Waals surface area contributed by atoms with Gasteiger partial charge in [-0.1, -0.05) is 0 Å². The maximum Gasteiger partial charge on any atom is 0.0431 e. The summed E-state index contributed by atoms with van der Waals surface area (Å²) in [5.41, 5.74) is 6.69. The van der Waals surface area contributed by atoms with Gasteiger partial charge in [0.25, 0.3) is 0 Å². The van der Waals surface area contributed by atoms with Gasteiger partial charge in [0.2, 0.25) is 0 Å². The van der Waals surface area contributed by atoms with Gasteiger partial charge in [0.05, 0.1) is 0 Å². The molecule has 0 aliphatic rings. The molecule has 1 aromatic rings. The molecule has 0 aliphatic heterocycles. The molecule has 0 radical (unpaired) electrons. The smallest absolute Gasteiger partial charge is 0.0431 e. The number of hydrogen-bond donors (Lipinski definition) is 2. The standard InChI is InChI=1S/C9H16N2O/c10-8-9-4-3-6-11(9)5-1-2-7-12/h3-4,6,12H,1-2,5,7-8,10H2. The Morgan fingerprint density at radius 2 is 2.25 bits per heavy atom. The lowest BCUT2D eigenvalue weighted by molar-refractivity contribution is 0.281. The molecule has 0 saturated carbocycles. The van der Waals surface area contributed by atoms with Crippen molar-refractivity contribution < 1.29 is 5.11 Å². The summed E-state index contributed by atoms with van der Waals surface area (Å²) in [6.45, 7) is 1.82. The van der Waals surface area contributed by atoms with Crippen LogP contribution in [0.5, 0.6) is 0 Å². The number of aryl methyl sites for hydroxylation is 1. The number of nitrogens with zero attached hydrogens (tertiary/aromatic N) is 1. The molecule has 1 rings (SSSR count). The summed E-state index contributed by atoms with van der Waals surface area (Å²) in [4.78, 5) is 0. The number of aliphatic hydroxyl groups excluding tert-OH is 1. The van der Waals surface area contributed by atoms with E-state index in [4.69, 9.17) is 10.8 Å². The maximum atomic E-state index is 8.59. The predicted octanol–water partition coefficient (Wildman–Crippen LogP) is 0.719. The minimum atomic E-state index is 0.277. The Morgan fingerprint density at radius 3 is 2.92 bits per heavy atom. The van der Waals surface area contributed by atoms with Crippen molar-refractivity contribution >= 4 is 0 Å². The van der Waals surface area contributed by atoms with Gasteiger partial charge < -0.3 is 15.4 Å². The van der Waals surface area contributed by atoms with E-state index in [0.29, 0.717) is 6.54 Å². The quantitative estimate of drug-likeness (QED) is 0.636. The van der Waals surface area contributed by atoms with Gasteiger partial charge in [-0.25, -0.2) is 0 Å². The molecule has 0 saturated heterocycles. The SMILES string of the molecule is NCc1cccn1CCCCO. The fraction of sp³-hybridized carbons (Fsp3) is 0.556. The van der Waals surface area contributed by atoms with Gasteiger partial charge in [-0.15, -0.1) is 0 Å². The number of aromatic nitrogens is 1. The number of rotatable bonds is 5. The Labute approximate surface area is 72.8 Å². The molecule has 3 nitrogen and oxygen atoms in total. The van der Waals surface area contributed by atoms with Crippen LogP contribution in [0, 0.1) is 0 Å². The third-order valence-electron chi connectivity index (χ3n) is 1.94. The second-order valence-corrected chi connectivity index (χ2v) is 2.83. The molecule has 1 heterocycles. The number of aliphatic hydroxyl groups is 1. The Kier molecular flexibility index (Phi) is 3.84. The zero-order chi connectivity index (χ0) is 8.81. The van der Waals surface area contributed by atoms with Crippen molar-refractivity contribution in [3.05, 3.63) is 24.0 Å². The zero-order valence-electron chi connectivity index (χ0n) is 7.24. The van der Waals surface area contributed by atoms with E-state index >= 15 is 0 Å². The van der Waals surface area contributed by atoms with Crippen LogP contribution in [-0.4, -0.2) is 16.3 Å². The Balaban J connectivity index is 2.39. The third kappa shape index (κ3) is 2.36. The van der Waals surface area contributed by atoms with Crippen molar-refractivity contribution in [3.63, 3.8) is 0 Å². The van der Waals surface area contributed by atoms with Gasteiger partial charge in [0.15, 0.2) is 0 Å². The molecule has 0 unspecified atom stereocenters. The van der Waals surface area contributed by atoms with Crippen LogP contribution < -0.4 is 5.73 Å². The van der Waals surface area contributed by atoms with E-state index in [0.717, 1.165) is 25.1 Å². The van der Waals surface area contributed by atoms with Gasteiger partial charge >= 0.3 is 0 Å². The molecule has 1 aromatic heterocycles. The number of hydrogen-bond acceptors (Lipinski definition) is 2. The highest BCUT2D eigenvalue weighted by Gasteiger charge is 1.96. The summed E-state index contributed by atoms with van der Waals surface area (Å²) in [7, 11) is 0. The van der Waals surface area contributed by atoms with Crippen molar-refractivity contribution in [2.24, 2.45) is 5.73 Å². The fourth-order valence-corrected chi connectivity index (χ4v) is 1.25. The molecular formula is C9H16N2O. The highest BCUT2D eigenvalue weighted by atomic mass is 16.2. The lowest BCUT2D eigenvalue weighted by Crippen LogP contribution is -2.06. The van der Waals surface area contributed by atoms with Gasteiger partial charge in [-0.3, -0.25) is 0 Å². The van der Waals surface area contributed by atoms with Crippen molar-refractivity contribution in [1.29, 1.82) is 0 Å². The minimum absolute atomic E-state index is 0.277. The molecule has 0 spiro atoms. The molecule has 0 atom stereocenters. The first kappa shape index (κ1) is 9.29. The topological polar surface area (TPSA) is 51.2 Å². The average Bonchev–Trinajstić information content (AvgIpc) is 2.52. The summed E-state index contributed by atoms with van der Waals surface area (Å²) in [6, 6.07) is 4.03. The molecule has 0 aliphatic carbocycles. The van der Waals surface area contributed by atoms with E-state index in [2.05, 4.69) is 4.57 Å². The molecule has 0 aromatic carbocycles. The van der Waals surface area contributed by atoms with Crippen LogP contribution in [0.3, 0.4) is 0 Å². The molecule has 0 amide bonds. The second kappa shape index (κ2) is 4.95. The number of unbranched alkanes of at least 4 members (excludes halogenated alkanes) is 1. The van der Waals surface area contributed by atoms with E-state index in [1.807, 2.05) is 18.3 Å². The first-order valence-corrected chi connectivity index (χ1v) is 4.33. The van der Waals surface area contributed by atoms with Crippen LogP contribution in [0.1, 0.15) is 18.5 Å². The Hall–Kier alpha value is -0.800. The fourth-order valence-electron chi connectivity index (χ4n) is 1.25. The summed E-state index contributed by atoms with van der Waals surface area (Å²) in [5.74, 6) is 0. The molecule has 0 fully saturated rings. The first-order chi connectivity index (χ1) is 5.88. The Bertz CT molecular complexity index is 220. The normalized spacial score (nSPS) is 10.5. The van der Waals surface area contributed by atoms with Gasteiger partial charge in [0, 0.05) is 31.6 Å². The van der Waals surface area contributed by atoms with Crippen LogP contribution in [0.4, 0.5) is 0 Å². The first-order valence-electron chi connectivity index (χ1n) is 4.33. The third-order valence-corrected chi connectivity index (χ3v) is 1.94. The molecular weight excluding hydrogens is 152 g/mol. The van der Waals surface area contributed by atoms with Crippen LogP contribution >= 0.6 is 0 Å². The lowest BCUT2D eigenvalue weighted by atomic mass is 10.3. The summed E-state index contributed by atoms with van der Waals surface area (Å²) >= 11 is 0. The molecule has 12 heavy (non-hydrogen) atoms. The van der Waals surface area contributed by atoms with Crippen molar-refractivity contribution in [1.82, 2.24) is 4.57 Å². The van der Waals surface area contributed by atoms with Crippen LogP contribution in [0.25, 0.3) is 0 Å². The van der Waals surface area contributed by atoms with Crippen molar-refractivity contribution in [2.75, 3.05) is 6.61 Å². The monoisotopic (exact) mass is 168 g/mol. The van der Waals surface area contributed by atoms with E-state index in [-0.39, 0.29) is 6.61 Å². The van der Waals surface area contributed by atoms with Gasteiger partial charge in [0.1, 0.15) is 0 Å². The number of nitrogens with two attached hydrogens (primary N) is 1. The van der Waals surface area contributed by atoms with Gasteiger partial charge in [-0.05, 0) is 25.0 Å². The zero-order valence-corrected chi connectivity index (χ0v) is 7.24. The summed E-state index contributed by atoms with van der Waals surface area (Å²) in [6.07, 6.45) is 3.90. The van der Waals surface area contributed by atoms with Crippen molar-refractivity contribution in [2.45, 2.75) is 25.9 Å². The summed E-state index contributed by atoms with van der Waals surface area (Å²) < 4.78 is 2.13. The predicted molar refractivity (Wildman–Crippen MR) is 48.6 cm³/mol. The average molecular weight is 168 g/mol. The molecule has 68 valence electrons. The van der Waals surface area contributed by atoms with E-state index in [9.17, 15) is 0 Å². The van der Waals surface area contributed by atoms with Crippen LogP contribution in [0.2, 0.25) is 0 Å². The van der Waals surface area contributed by atoms with Crippen molar-refractivity contribution in [3.8, 4) is 0 Å². The van der Waals surface area contributed by atoms with E-state index in [1.54, 1.807) is 0 Å².